The maximum absolute atomic E-state index is 4.49. The van der Waals surface area contributed by atoms with Crippen LogP contribution in [0.15, 0.2) is 12.3 Å². The van der Waals surface area contributed by atoms with Gasteiger partial charge >= 0.3 is 37.7 Å². The van der Waals surface area contributed by atoms with Crippen molar-refractivity contribution in [3.8, 4) is 0 Å². The molecular weight excluding hydrogens is 49.9 g/mol. The molecule has 0 radical (unpaired) electrons. The van der Waals surface area contributed by atoms with Gasteiger partial charge in [0.25, 0.3) is 0 Å². The molecule has 0 aliphatic heterocycles. The Morgan fingerprint density at radius 2 is 1.40 bits per heavy atom. The molecule has 0 bridgehead atoms. The third kappa shape index (κ3) is 68.0. The molecule has 0 aromatic heterocycles. The van der Waals surface area contributed by atoms with Gasteiger partial charge in [-0.05, 0) is 0 Å². The Labute approximate surface area is 56.7 Å². The third-order valence-electron chi connectivity index (χ3n) is 0. The summed E-state index contributed by atoms with van der Waals surface area (Å²) in [5.41, 5.74) is 2.00. The fourth-order valence-corrected chi connectivity index (χ4v) is 0. The number of hydrogen-bond donors (Lipinski definition) is 0. The summed E-state index contributed by atoms with van der Waals surface area (Å²) in [6, 6.07) is 0. The Bertz CT molecular complexity index is 25.9. The van der Waals surface area contributed by atoms with E-state index in [1.807, 2.05) is 5.73 Å². The van der Waals surface area contributed by atoms with Crippen molar-refractivity contribution in [2.24, 2.45) is 0 Å². The molecule has 0 saturated carbocycles. The second kappa shape index (κ2) is 22.1. The fourth-order valence-electron chi connectivity index (χ4n) is 0. The van der Waals surface area contributed by atoms with Crippen molar-refractivity contribution in [2.45, 2.75) is 0 Å². The quantitative estimate of drug-likeness (QED) is 0.147. The molecule has 0 heterocycles. The minimum Gasteiger partial charge on any atom is -0.342 e. The Morgan fingerprint density at radius 3 is 1.40 bits per heavy atom. The van der Waals surface area contributed by atoms with E-state index in [4.69, 9.17) is 0 Å². The van der Waals surface area contributed by atoms with E-state index in [1.54, 1.807) is 0 Å². The van der Waals surface area contributed by atoms with Gasteiger partial charge in [0.05, 0.1) is 0 Å². The Hall–Kier alpha value is 0.715. The molecule has 0 N–H and O–H groups in total. The fraction of sp³-hybridized carbons (Fsp3) is 0. The molecule has 2 heteroatoms. The molecule has 0 saturated heterocycles. The number of rotatable bonds is 0. The molecule has 0 fully saturated rings. The van der Waals surface area contributed by atoms with Crippen LogP contribution in [0.5, 0.6) is 0 Å². The van der Waals surface area contributed by atoms with Gasteiger partial charge in [0.1, 0.15) is 0 Å². The summed E-state index contributed by atoms with van der Waals surface area (Å²) < 4.78 is 0. The predicted molar refractivity (Wildman–Crippen MR) is 13.4 cm³/mol. The molecule has 0 amide bonds. The monoisotopic (exact) mass is 53.1 g/mol. The van der Waals surface area contributed by atoms with Crippen LogP contribution in [0.3, 0.4) is 0 Å². The van der Waals surface area contributed by atoms with E-state index in [0.29, 0.717) is 0 Å². The van der Waals surface area contributed by atoms with Crippen LogP contribution in [-0.4, -0.2) is 0 Å². The summed E-state index contributed by atoms with van der Waals surface area (Å²) in [6.07, 6.45) is 0. The van der Waals surface area contributed by atoms with E-state index in [-0.39, 0.29) is 37.7 Å². The topological polar surface area (TPSA) is 0 Å². The van der Waals surface area contributed by atoms with Crippen molar-refractivity contribution in [2.75, 3.05) is 0 Å². The van der Waals surface area contributed by atoms with E-state index in [2.05, 4.69) is 13.2 Å². The molecular formula is C3H3Li2+. The van der Waals surface area contributed by atoms with Crippen molar-refractivity contribution in [1.29, 1.82) is 0 Å². The van der Waals surface area contributed by atoms with Crippen LogP contribution < -0.4 is 37.7 Å². The van der Waals surface area contributed by atoms with E-state index >= 15 is 0 Å². The zero-order valence-corrected chi connectivity index (χ0v) is 3.78. The first kappa shape index (κ1) is 17.2. The minimum absolute atomic E-state index is 0. The first-order chi connectivity index (χ1) is 1.41. The Kier molecular flexibility index (Phi) is 76.3. The average Bonchev–Trinajstić information content (AvgIpc) is 0.918. The number of hydrogen-bond acceptors (Lipinski definition) is 0. The van der Waals surface area contributed by atoms with Gasteiger partial charge in [0, 0.05) is 0 Å². The van der Waals surface area contributed by atoms with Crippen LogP contribution in [0.4, 0.5) is 0 Å². The smallest absolute Gasteiger partial charge is 0.342 e. The van der Waals surface area contributed by atoms with Gasteiger partial charge in [-0.15, -0.1) is 0 Å². The Morgan fingerprint density at radius 1 is 1.40 bits per heavy atom. The summed E-state index contributed by atoms with van der Waals surface area (Å²) in [5.74, 6) is 0. The SMILES string of the molecule is [CH-]=C=C.[Li+].[Li+]. The molecule has 16 valence electrons. The minimum atomic E-state index is 0. The summed E-state index contributed by atoms with van der Waals surface area (Å²) in [4.78, 5) is 0. The van der Waals surface area contributed by atoms with Crippen molar-refractivity contribution in [3.05, 3.63) is 18.9 Å². The van der Waals surface area contributed by atoms with Crippen LogP contribution in [-0.2, 0) is 0 Å². The van der Waals surface area contributed by atoms with E-state index in [0.717, 1.165) is 0 Å². The molecule has 5 heavy (non-hydrogen) atoms. The van der Waals surface area contributed by atoms with Gasteiger partial charge < -0.3 is 5.73 Å². The summed E-state index contributed by atoms with van der Waals surface area (Å²) in [6.45, 7) is 7.50. The van der Waals surface area contributed by atoms with Gasteiger partial charge in [-0.2, -0.15) is 0 Å². The van der Waals surface area contributed by atoms with Crippen LogP contribution in [0.2, 0.25) is 0 Å². The maximum atomic E-state index is 4.49. The van der Waals surface area contributed by atoms with Crippen molar-refractivity contribution >= 4 is 0 Å². The molecule has 0 atom stereocenters. The van der Waals surface area contributed by atoms with Crippen molar-refractivity contribution < 1.29 is 37.7 Å². The standard InChI is InChI=1S/C3H3.2Li/c1-3-2;;/h1H,2H2;;/q-1;2*+1. The molecule has 0 aliphatic rings. The van der Waals surface area contributed by atoms with Gasteiger partial charge in [0.2, 0.25) is 0 Å². The summed E-state index contributed by atoms with van der Waals surface area (Å²) in [7, 11) is 0. The zero-order chi connectivity index (χ0) is 2.71. The normalized spacial score (nSPS) is 1.60. The largest absolute Gasteiger partial charge is 1.00 e. The molecule has 0 nitrogen and oxygen atoms in total. The van der Waals surface area contributed by atoms with Gasteiger partial charge in [-0.25, -0.2) is 13.2 Å². The van der Waals surface area contributed by atoms with Crippen LogP contribution in [0, 0.1) is 6.58 Å². The molecule has 0 spiro atoms. The van der Waals surface area contributed by atoms with Crippen molar-refractivity contribution in [1.82, 2.24) is 0 Å². The van der Waals surface area contributed by atoms with Crippen LogP contribution >= 0.6 is 0 Å². The van der Waals surface area contributed by atoms with Crippen LogP contribution in [0.25, 0.3) is 0 Å². The van der Waals surface area contributed by atoms with Gasteiger partial charge in [-0.1, -0.05) is 0 Å². The molecule has 0 unspecified atom stereocenters. The second-order valence-corrected chi connectivity index (χ2v) is 0.204. The van der Waals surface area contributed by atoms with Crippen LogP contribution in [0.1, 0.15) is 0 Å². The average molecular weight is 52.9 g/mol. The molecule has 0 aromatic rings. The maximum Gasteiger partial charge on any atom is 1.00 e. The second-order valence-electron chi connectivity index (χ2n) is 0.204. The van der Waals surface area contributed by atoms with Gasteiger partial charge in [-0.3, -0.25) is 0 Å². The molecule has 0 aliphatic carbocycles. The molecule has 0 rings (SSSR count). The Balaban J connectivity index is -0.0000000200. The molecule has 0 aromatic carbocycles. The first-order valence-corrected chi connectivity index (χ1v) is 0.642. The predicted octanol–water partition coefficient (Wildman–Crippen LogP) is -5.23. The van der Waals surface area contributed by atoms with Gasteiger partial charge in [0.15, 0.2) is 0 Å². The van der Waals surface area contributed by atoms with E-state index in [9.17, 15) is 0 Å². The van der Waals surface area contributed by atoms with E-state index in [1.165, 1.54) is 0 Å². The third-order valence-corrected chi connectivity index (χ3v) is 0. The van der Waals surface area contributed by atoms with Crippen molar-refractivity contribution in [3.63, 3.8) is 0 Å². The van der Waals surface area contributed by atoms with E-state index < -0.39 is 0 Å². The summed E-state index contributed by atoms with van der Waals surface area (Å²) >= 11 is 0. The zero-order valence-electron chi connectivity index (χ0n) is 3.78. The summed E-state index contributed by atoms with van der Waals surface area (Å²) in [5, 5.41) is 0. The first-order valence-electron chi connectivity index (χ1n) is 0.642.